The quantitative estimate of drug-likeness (QED) is 0.933. The lowest BCUT2D eigenvalue weighted by Gasteiger charge is -2.33. The van der Waals surface area contributed by atoms with Crippen molar-refractivity contribution in [3.05, 3.63) is 77.5 Å². The Bertz CT molecular complexity index is 810. The summed E-state index contributed by atoms with van der Waals surface area (Å²) in [7, 11) is 0. The van der Waals surface area contributed by atoms with Gasteiger partial charge in [-0.25, -0.2) is 13.6 Å². The molecule has 0 amide bonds. The number of ketones is 1. The third-order valence-corrected chi connectivity index (χ3v) is 3.83. The first kappa shape index (κ1) is 15.9. The zero-order valence-corrected chi connectivity index (χ0v) is 12.4. The van der Waals surface area contributed by atoms with E-state index in [0.717, 1.165) is 6.07 Å². The van der Waals surface area contributed by atoms with Crippen molar-refractivity contribution < 1.29 is 23.5 Å². The normalized spacial score (nSPS) is 17.2. The molecule has 24 heavy (non-hydrogen) atoms. The number of hydrogen-bond acceptors (Lipinski definition) is 3. The topological polar surface area (TPSA) is 57.6 Å². The van der Waals surface area contributed by atoms with Gasteiger partial charge in [0.15, 0.2) is 5.78 Å². The third kappa shape index (κ3) is 3.17. The van der Waals surface area contributed by atoms with Crippen LogP contribution in [0, 0.1) is 11.6 Å². The molecule has 1 atom stereocenters. The Labute approximate surface area is 136 Å². The highest BCUT2D eigenvalue weighted by atomic mass is 19.1. The molecule has 6 heteroatoms. The summed E-state index contributed by atoms with van der Waals surface area (Å²) in [5.74, 6) is -2.63. The second kappa shape index (κ2) is 6.23. The second-order valence-corrected chi connectivity index (χ2v) is 5.46. The van der Waals surface area contributed by atoms with Gasteiger partial charge in [-0.2, -0.15) is 0 Å². The van der Waals surface area contributed by atoms with E-state index in [4.69, 9.17) is 5.11 Å². The van der Waals surface area contributed by atoms with Gasteiger partial charge in [0.2, 0.25) is 0 Å². The standard InChI is InChI=1S/C18H13F2NO3/c19-13-7-12(8-14(20)9-13)17-10-16(22)5-6-21(17)15-3-1-11(2-4-15)18(23)24/h1-9,17H,10H2,(H,23,24). The predicted molar refractivity (Wildman–Crippen MR) is 83.7 cm³/mol. The highest BCUT2D eigenvalue weighted by molar-refractivity contribution is 5.93. The summed E-state index contributed by atoms with van der Waals surface area (Å²) >= 11 is 0. The van der Waals surface area contributed by atoms with Crippen LogP contribution in [0.4, 0.5) is 14.5 Å². The van der Waals surface area contributed by atoms with Gasteiger partial charge in [0.25, 0.3) is 0 Å². The molecule has 0 aromatic heterocycles. The first-order chi connectivity index (χ1) is 11.4. The minimum Gasteiger partial charge on any atom is -0.478 e. The molecule has 0 bridgehead atoms. The summed E-state index contributed by atoms with van der Waals surface area (Å²) in [6, 6.07) is 8.64. The number of anilines is 1. The first-order valence-corrected chi connectivity index (χ1v) is 7.23. The van der Waals surface area contributed by atoms with E-state index in [-0.39, 0.29) is 17.8 Å². The molecule has 1 unspecified atom stereocenters. The molecule has 122 valence electrons. The number of carboxylic acid groups (broad SMARTS) is 1. The molecule has 1 heterocycles. The number of carbonyl (C=O) groups excluding carboxylic acids is 1. The fraction of sp³-hybridized carbons (Fsp3) is 0.111. The van der Waals surface area contributed by atoms with Gasteiger partial charge in [-0.3, -0.25) is 4.79 Å². The van der Waals surface area contributed by atoms with Gasteiger partial charge in [0.05, 0.1) is 11.6 Å². The van der Waals surface area contributed by atoms with Crippen LogP contribution in [-0.2, 0) is 4.79 Å². The van der Waals surface area contributed by atoms with Crippen molar-refractivity contribution in [3.8, 4) is 0 Å². The van der Waals surface area contributed by atoms with Crippen LogP contribution in [0.15, 0.2) is 54.7 Å². The number of carbonyl (C=O) groups is 2. The highest BCUT2D eigenvalue weighted by Crippen LogP contribution is 2.34. The lowest BCUT2D eigenvalue weighted by molar-refractivity contribution is -0.115. The Morgan fingerprint density at radius 3 is 2.29 bits per heavy atom. The summed E-state index contributed by atoms with van der Waals surface area (Å²) < 4.78 is 27.0. The van der Waals surface area contributed by atoms with Crippen LogP contribution in [0.25, 0.3) is 0 Å². The Hall–Kier alpha value is -3.02. The van der Waals surface area contributed by atoms with Crippen LogP contribution in [0.3, 0.4) is 0 Å². The maximum Gasteiger partial charge on any atom is 0.335 e. The smallest absolute Gasteiger partial charge is 0.335 e. The summed E-state index contributed by atoms with van der Waals surface area (Å²) in [4.78, 5) is 24.4. The van der Waals surface area contributed by atoms with E-state index in [1.54, 1.807) is 17.0 Å². The average molecular weight is 329 g/mol. The number of rotatable bonds is 3. The molecule has 1 aliphatic rings. The van der Waals surface area contributed by atoms with Crippen LogP contribution >= 0.6 is 0 Å². The molecule has 0 spiro atoms. The van der Waals surface area contributed by atoms with Gasteiger partial charge in [-0.15, -0.1) is 0 Å². The highest BCUT2D eigenvalue weighted by Gasteiger charge is 2.26. The maximum absolute atomic E-state index is 13.5. The molecule has 0 fully saturated rings. The van der Waals surface area contributed by atoms with Gasteiger partial charge in [-0.1, -0.05) is 0 Å². The molecule has 2 aromatic carbocycles. The van der Waals surface area contributed by atoms with Crippen LogP contribution in [0.2, 0.25) is 0 Å². The predicted octanol–water partition coefficient (Wildman–Crippen LogP) is 3.70. The Kier molecular flexibility index (Phi) is 4.12. The van der Waals surface area contributed by atoms with Gasteiger partial charge < -0.3 is 10.0 Å². The minimum atomic E-state index is -1.05. The molecule has 0 radical (unpaired) electrons. The second-order valence-electron chi connectivity index (χ2n) is 5.46. The number of nitrogens with zero attached hydrogens (tertiary/aromatic N) is 1. The summed E-state index contributed by atoms with van der Waals surface area (Å²) in [6.45, 7) is 0. The molecule has 1 aliphatic heterocycles. The van der Waals surface area contributed by atoms with Gasteiger partial charge in [0, 0.05) is 24.4 Å². The molecule has 2 aromatic rings. The number of carboxylic acids is 1. The molecular weight excluding hydrogens is 316 g/mol. The summed E-state index contributed by atoms with van der Waals surface area (Å²) in [6.07, 6.45) is 2.99. The van der Waals surface area contributed by atoms with Crippen LogP contribution in [0.5, 0.6) is 0 Å². The molecule has 4 nitrogen and oxygen atoms in total. The molecule has 1 N–H and O–H groups in total. The van der Waals surface area contributed by atoms with Crippen LogP contribution in [-0.4, -0.2) is 16.9 Å². The minimum absolute atomic E-state index is 0.0695. The number of aromatic carboxylic acids is 1. The number of allylic oxidation sites excluding steroid dienone is 1. The first-order valence-electron chi connectivity index (χ1n) is 7.23. The zero-order chi connectivity index (χ0) is 17.3. The number of halogens is 2. The lowest BCUT2D eigenvalue weighted by atomic mass is 9.96. The molecule has 0 aliphatic carbocycles. The fourth-order valence-corrected chi connectivity index (χ4v) is 2.71. The number of benzene rings is 2. The van der Waals surface area contributed by atoms with Crippen molar-refractivity contribution in [1.29, 1.82) is 0 Å². The maximum atomic E-state index is 13.5. The van der Waals surface area contributed by atoms with E-state index in [9.17, 15) is 18.4 Å². The molecular formula is C18H13F2NO3. The third-order valence-electron chi connectivity index (χ3n) is 3.83. The van der Waals surface area contributed by atoms with Gasteiger partial charge in [-0.05, 0) is 48.0 Å². The average Bonchev–Trinajstić information content (AvgIpc) is 2.54. The van der Waals surface area contributed by atoms with E-state index < -0.39 is 23.6 Å². The molecule has 0 saturated heterocycles. The summed E-state index contributed by atoms with van der Waals surface area (Å²) in [5.41, 5.74) is 1.09. The van der Waals surface area contributed by atoms with E-state index in [1.807, 2.05) is 0 Å². The molecule has 3 rings (SSSR count). The summed E-state index contributed by atoms with van der Waals surface area (Å²) in [5, 5.41) is 8.96. The molecule has 0 saturated carbocycles. The van der Waals surface area contributed by atoms with Crippen LogP contribution < -0.4 is 4.90 Å². The van der Waals surface area contributed by atoms with E-state index in [1.165, 1.54) is 36.5 Å². The van der Waals surface area contributed by atoms with Crippen molar-refractivity contribution in [3.63, 3.8) is 0 Å². The monoisotopic (exact) mass is 329 g/mol. The Morgan fingerprint density at radius 2 is 1.71 bits per heavy atom. The SMILES string of the molecule is O=C1C=CN(c2ccc(C(=O)O)cc2)C(c2cc(F)cc(F)c2)C1. The Morgan fingerprint density at radius 1 is 1.08 bits per heavy atom. The largest absolute Gasteiger partial charge is 0.478 e. The van der Waals surface area contributed by atoms with E-state index in [2.05, 4.69) is 0 Å². The van der Waals surface area contributed by atoms with Crippen molar-refractivity contribution in [2.24, 2.45) is 0 Å². The zero-order valence-electron chi connectivity index (χ0n) is 12.4. The van der Waals surface area contributed by atoms with Gasteiger partial charge >= 0.3 is 5.97 Å². The Balaban J connectivity index is 2.01. The van der Waals surface area contributed by atoms with Gasteiger partial charge in [0.1, 0.15) is 11.6 Å². The van der Waals surface area contributed by atoms with E-state index >= 15 is 0 Å². The van der Waals surface area contributed by atoms with Crippen molar-refractivity contribution in [2.75, 3.05) is 4.90 Å². The fourth-order valence-electron chi connectivity index (χ4n) is 2.71. The van der Waals surface area contributed by atoms with Crippen molar-refractivity contribution in [1.82, 2.24) is 0 Å². The van der Waals surface area contributed by atoms with Crippen molar-refractivity contribution in [2.45, 2.75) is 12.5 Å². The van der Waals surface area contributed by atoms with Crippen molar-refractivity contribution >= 4 is 17.4 Å². The van der Waals surface area contributed by atoms with E-state index in [0.29, 0.717) is 11.3 Å². The lowest BCUT2D eigenvalue weighted by Crippen LogP contribution is -2.29. The number of hydrogen-bond donors (Lipinski definition) is 1. The van der Waals surface area contributed by atoms with Crippen LogP contribution in [0.1, 0.15) is 28.4 Å².